The molecule has 0 aromatic heterocycles. The summed E-state index contributed by atoms with van der Waals surface area (Å²) in [6.45, 7) is 0. The molecule has 1 amide bonds. The Balaban J connectivity index is 1.62. The van der Waals surface area contributed by atoms with E-state index in [9.17, 15) is 14.9 Å². The second kappa shape index (κ2) is 7.85. The highest BCUT2D eigenvalue weighted by molar-refractivity contribution is 5.95. The SMILES string of the molecule is O=C(N/N=C/c1ccc([N+](=O)[O-])cc1)c1ccc(-c2ccccc2)cc1. The van der Waals surface area contributed by atoms with Crippen molar-refractivity contribution < 1.29 is 9.72 Å². The Morgan fingerprint density at radius 1 is 0.885 bits per heavy atom. The summed E-state index contributed by atoms with van der Waals surface area (Å²) < 4.78 is 0. The third-order valence-electron chi connectivity index (χ3n) is 3.74. The quantitative estimate of drug-likeness (QED) is 0.430. The summed E-state index contributed by atoms with van der Waals surface area (Å²) >= 11 is 0. The van der Waals surface area contributed by atoms with Gasteiger partial charge in [0.25, 0.3) is 11.6 Å². The Kier molecular flexibility index (Phi) is 5.14. The van der Waals surface area contributed by atoms with E-state index in [0.717, 1.165) is 11.1 Å². The summed E-state index contributed by atoms with van der Waals surface area (Å²) in [5.41, 5.74) is 5.69. The summed E-state index contributed by atoms with van der Waals surface area (Å²) in [5, 5.41) is 14.5. The van der Waals surface area contributed by atoms with Gasteiger partial charge in [0.1, 0.15) is 0 Å². The molecular formula is C20H15N3O3. The minimum atomic E-state index is -0.470. The van der Waals surface area contributed by atoms with Gasteiger partial charge in [0.05, 0.1) is 11.1 Å². The Morgan fingerprint density at radius 2 is 1.50 bits per heavy atom. The first-order valence-electron chi connectivity index (χ1n) is 7.87. The number of nitrogens with one attached hydrogen (secondary N) is 1. The molecular weight excluding hydrogens is 330 g/mol. The average Bonchev–Trinajstić information content (AvgIpc) is 2.69. The van der Waals surface area contributed by atoms with Crippen LogP contribution in [0.25, 0.3) is 11.1 Å². The van der Waals surface area contributed by atoms with Gasteiger partial charge in [-0.05, 0) is 41.0 Å². The molecule has 128 valence electrons. The van der Waals surface area contributed by atoms with E-state index >= 15 is 0 Å². The molecule has 0 heterocycles. The summed E-state index contributed by atoms with van der Waals surface area (Å²) in [7, 11) is 0. The van der Waals surface area contributed by atoms with Crippen LogP contribution in [0.2, 0.25) is 0 Å². The second-order valence-electron chi connectivity index (χ2n) is 5.49. The van der Waals surface area contributed by atoms with Crippen LogP contribution in [-0.2, 0) is 0 Å². The molecule has 6 heteroatoms. The van der Waals surface area contributed by atoms with Gasteiger partial charge in [-0.2, -0.15) is 5.10 Å². The van der Waals surface area contributed by atoms with E-state index in [2.05, 4.69) is 10.5 Å². The Morgan fingerprint density at radius 3 is 2.12 bits per heavy atom. The van der Waals surface area contributed by atoms with Gasteiger partial charge >= 0.3 is 0 Å². The number of nitro groups is 1. The maximum atomic E-state index is 12.1. The van der Waals surface area contributed by atoms with E-state index in [1.54, 1.807) is 24.3 Å². The van der Waals surface area contributed by atoms with Crippen LogP contribution in [0.4, 0.5) is 5.69 Å². The zero-order valence-corrected chi connectivity index (χ0v) is 13.7. The molecule has 0 aliphatic rings. The molecule has 0 atom stereocenters. The summed E-state index contributed by atoms with van der Waals surface area (Å²) in [6, 6.07) is 23.0. The van der Waals surface area contributed by atoms with E-state index in [-0.39, 0.29) is 11.6 Å². The van der Waals surface area contributed by atoms with E-state index < -0.39 is 4.92 Å². The van der Waals surface area contributed by atoms with Crippen LogP contribution in [0.15, 0.2) is 84.0 Å². The first-order valence-corrected chi connectivity index (χ1v) is 7.87. The zero-order valence-electron chi connectivity index (χ0n) is 13.7. The third-order valence-corrected chi connectivity index (χ3v) is 3.74. The highest BCUT2D eigenvalue weighted by atomic mass is 16.6. The summed E-state index contributed by atoms with van der Waals surface area (Å²) in [6.07, 6.45) is 1.43. The highest BCUT2D eigenvalue weighted by Crippen LogP contribution is 2.19. The van der Waals surface area contributed by atoms with Crippen LogP contribution >= 0.6 is 0 Å². The largest absolute Gasteiger partial charge is 0.271 e. The van der Waals surface area contributed by atoms with Gasteiger partial charge in [-0.1, -0.05) is 42.5 Å². The standard InChI is InChI=1S/C20H15N3O3/c24-20(22-21-14-15-6-12-19(13-7-15)23(25)26)18-10-8-17(9-11-18)16-4-2-1-3-5-16/h1-14H,(H,22,24)/b21-14+. The molecule has 1 N–H and O–H groups in total. The number of hydrogen-bond acceptors (Lipinski definition) is 4. The topological polar surface area (TPSA) is 84.6 Å². The number of nitro benzene ring substituents is 1. The normalized spacial score (nSPS) is 10.6. The third kappa shape index (κ3) is 4.18. The molecule has 26 heavy (non-hydrogen) atoms. The Bertz CT molecular complexity index is 934. The molecule has 0 saturated carbocycles. The van der Waals surface area contributed by atoms with E-state index in [4.69, 9.17) is 0 Å². The van der Waals surface area contributed by atoms with Crippen molar-refractivity contribution in [3.05, 3.63) is 100 Å². The fraction of sp³-hybridized carbons (Fsp3) is 0. The number of carbonyl (C=O) groups excluding carboxylic acids is 1. The lowest BCUT2D eigenvalue weighted by atomic mass is 10.0. The first kappa shape index (κ1) is 17.0. The van der Waals surface area contributed by atoms with Crippen molar-refractivity contribution in [2.75, 3.05) is 0 Å². The first-order chi connectivity index (χ1) is 12.6. The fourth-order valence-corrected chi connectivity index (χ4v) is 2.36. The van der Waals surface area contributed by atoms with E-state index in [1.165, 1.54) is 18.3 Å². The molecule has 6 nitrogen and oxygen atoms in total. The lowest BCUT2D eigenvalue weighted by molar-refractivity contribution is -0.384. The number of rotatable bonds is 5. The van der Waals surface area contributed by atoms with Gasteiger partial charge in [0, 0.05) is 17.7 Å². The van der Waals surface area contributed by atoms with Crippen molar-refractivity contribution in [1.29, 1.82) is 0 Å². The Labute approximate surface area is 150 Å². The predicted octanol–water partition coefficient (Wildman–Crippen LogP) is 4.03. The molecule has 0 aliphatic heterocycles. The molecule has 0 aliphatic carbocycles. The highest BCUT2D eigenvalue weighted by Gasteiger charge is 2.05. The van der Waals surface area contributed by atoms with Gasteiger partial charge in [-0.25, -0.2) is 5.43 Å². The zero-order chi connectivity index (χ0) is 18.4. The van der Waals surface area contributed by atoms with E-state index in [1.807, 2.05) is 42.5 Å². The minimum absolute atomic E-state index is 0.00434. The number of nitrogens with zero attached hydrogens (tertiary/aromatic N) is 2. The number of hydrogen-bond donors (Lipinski definition) is 1. The minimum Gasteiger partial charge on any atom is -0.267 e. The average molecular weight is 345 g/mol. The van der Waals surface area contributed by atoms with Crippen molar-refractivity contribution in [2.45, 2.75) is 0 Å². The van der Waals surface area contributed by atoms with Crippen LogP contribution < -0.4 is 5.43 Å². The van der Waals surface area contributed by atoms with Gasteiger partial charge in [-0.15, -0.1) is 0 Å². The summed E-state index contributed by atoms with van der Waals surface area (Å²) in [4.78, 5) is 22.2. The lowest BCUT2D eigenvalue weighted by Crippen LogP contribution is -2.17. The number of non-ortho nitro benzene ring substituents is 1. The molecule has 0 spiro atoms. The number of carbonyl (C=O) groups is 1. The molecule has 0 unspecified atom stereocenters. The molecule has 0 fully saturated rings. The van der Waals surface area contributed by atoms with Crippen LogP contribution in [-0.4, -0.2) is 17.0 Å². The van der Waals surface area contributed by atoms with Crippen LogP contribution in [0, 0.1) is 10.1 Å². The lowest BCUT2D eigenvalue weighted by Gasteiger charge is -2.03. The summed E-state index contributed by atoms with van der Waals surface area (Å²) in [5.74, 6) is -0.331. The number of amides is 1. The molecule has 3 rings (SSSR count). The van der Waals surface area contributed by atoms with Gasteiger partial charge in [0.2, 0.25) is 0 Å². The van der Waals surface area contributed by atoms with Gasteiger partial charge in [-0.3, -0.25) is 14.9 Å². The molecule has 0 saturated heterocycles. The fourth-order valence-electron chi connectivity index (χ4n) is 2.36. The van der Waals surface area contributed by atoms with E-state index in [0.29, 0.717) is 11.1 Å². The van der Waals surface area contributed by atoms with Crippen molar-refractivity contribution in [1.82, 2.24) is 5.43 Å². The van der Waals surface area contributed by atoms with Crippen molar-refractivity contribution in [2.24, 2.45) is 5.10 Å². The number of hydrazone groups is 1. The predicted molar refractivity (Wildman–Crippen MR) is 100 cm³/mol. The monoisotopic (exact) mass is 345 g/mol. The second-order valence-corrected chi connectivity index (χ2v) is 5.49. The maximum absolute atomic E-state index is 12.1. The van der Waals surface area contributed by atoms with Crippen molar-refractivity contribution >= 4 is 17.8 Å². The molecule has 0 radical (unpaired) electrons. The van der Waals surface area contributed by atoms with Crippen LogP contribution in [0.5, 0.6) is 0 Å². The van der Waals surface area contributed by atoms with Crippen LogP contribution in [0.3, 0.4) is 0 Å². The smallest absolute Gasteiger partial charge is 0.267 e. The maximum Gasteiger partial charge on any atom is 0.271 e. The Hall–Kier alpha value is -3.80. The molecule has 3 aromatic rings. The van der Waals surface area contributed by atoms with Gasteiger partial charge < -0.3 is 0 Å². The van der Waals surface area contributed by atoms with Gasteiger partial charge in [0.15, 0.2) is 0 Å². The van der Waals surface area contributed by atoms with Crippen molar-refractivity contribution in [3.8, 4) is 11.1 Å². The molecule has 3 aromatic carbocycles. The molecule has 0 bridgehead atoms. The number of benzene rings is 3. The van der Waals surface area contributed by atoms with Crippen molar-refractivity contribution in [3.63, 3.8) is 0 Å². The van der Waals surface area contributed by atoms with Crippen LogP contribution in [0.1, 0.15) is 15.9 Å².